The van der Waals surface area contributed by atoms with Crippen molar-refractivity contribution < 1.29 is 24.2 Å². The van der Waals surface area contributed by atoms with Crippen LogP contribution < -0.4 is 5.32 Å². The lowest BCUT2D eigenvalue weighted by atomic mass is 9.97. The molecule has 0 spiro atoms. The molecule has 3 atom stereocenters. The fraction of sp³-hybridized carbons (Fsp3) is 0.464. The van der Waals surface area contributed by atoms with Crippen LogP contribution in [0.15, 0.2) is 60.7 Å². The Morgan fingerprint density at radius 1 is 1.08 bits per heavy atom. The molecule has 0 bridgehead atoms. The van der Waals surface area contributed by atoms with E-state index < -0.39 is 34.9 Å². The maximum absolute atomic E-state index is 13.7. The lowest BCUT2D eigenvalue weighted by Crippen LogP contribution is -2.58. The van der Waals surface area contributed by atoms with E-state index in [1.807, 2.05) is 74.5 Å². The molecular formula is C28H37N3O5S. The Labute approximate surface area is 223 Å². The third kappa shape index (κ3) is 7.49. The zero-order chi connectivity index (χ0) is 27.2. The average Bonchev–Trinajstić information content (AvgIpc) is 3.17. The van der Waals surface area contributed by atoms with Gasteiger partial charge in [-0.15, -0.1) is 11.8 Å². The van der Waals surface area contributed by atoms with Crippen molar-refractivity contribution in [1.82, 2.24) is 15.1 Å². The number of rotatable bonds is 9. The van der Waals surface area contributed by atoms with Crippen molar-refractivity contribution in [2.45, 2.75) is 69.7 Å². The summed E-state index contributed by atoms with van der Waals surface area (Å²) in [4.78, 5) is 42.7. The van der Waals surface area contributed by atoms with Crippen LogP contribution >= 0.6 is 11.8 Å². The van der Waals surface area contributed by atoms with Crippen molar-refractivity contribution in [2.24, 2.45) is 0 Å². The summed E-state index contributed by atoms with van der Waals surface area (Å²) in [6, 6.07) is 17.2. The number of alkyl carbamates (subject to hydrolysis) is 1. The molecule has 37 heavy (non-hydrogen) atoms. The van der Waals surface area contributed by atoms with Crippen LogP contribution in [0, 0.1) is 0 Å². The van der Waals surface area contributed by atoms with Crippen LogP contribution in [0.3, 0.4) is 0 Å². The zero-order valence-corrected chi connectivity index (χ0v) is 22.9. The van der Waals surface area contributed by atoms with E-state index in [0.717, 1.165) is 11.1 Å². The number of ether oxygens (including phenoxy) is 1. The first-order valence-electron chi connectivity index (χ1n) is 12.4. The second-order valence-electron chi connectivity index (χ2n) is 10.1. The van der Waals surface area contributed by atoms with Gasteiger partial charge < -0.3 is 25.0 Å². The van der Waals surface area contributed by atoms with Crippen LogP contribution in [0.4, 0.5) is 4.79 Å². The first kappa shape index (κ1) is 28.5. The predicted octanol–water partition coefficient (Wildman–Crippen LogP) is 3.43. The SMILES string of the molecule is CC(C)OC(=O)N[C@@H](Cc1ccccc1)C(O)C(=O)N1CSC(C)(C)C1C(=O)N(C)Cc1ccccc1. The minimum Gasteiger partial charge on any atom is -0.447 e. The second-order valence-corrected chi connectivity index (χ2v) is 11.7. The molecule has 0 aromatic heterocycles. The van der Waals surface area contributed by atoms with Gasteiger partial charge in [-0.1, -0.05) is 60.7 Å². The van der Waals surface area contributed by atoms with Crippen molar-refractivity contribution in [2.75, 3.05) is 12.9 Å². The molecule has 0 radical (unpaired) electrons. The third-order valence-corrected chi connectivity index (χ3v) is 7.65. The molecule has 2 unspecified atom stereocenters. The van der Waals surface area contributed by atoms with Crippen molar-refractivity contribution in [1.29, 1.82) is 0 Å². The van der Waals surface area contributed by atoms with Crippen molar-refractivity contribution in [3.05, 3.63) is 71.8 Å². The lowest BCUT2D eigenvalue weighted by Gasteiger charge is -2.35. The van der Waals surface area contributed by atoms with E-state index >= 15 is 0 Å². The number of aliphatic hydroxyl groups excluding tert-OH is 1. The monoisotopic (exact) mass is 527 g/mol. The summed E-state index contributed by atoms with van der Waals surface area (Å²) in [6.07, 6.45) is -2.42. The molecule has 9 heteroatoms. The average molecular weight is 528 g/mol. The number of nitrogens with zero attached hydrogens (tertiary/aromatic N) is 2. The Hall–Kier alpha value is -3.04. The number of amides is 3. The third-order valence-electron chi connectivity index (χ3n) is 6.28. The van der Waals surface area contributed by atoms with Crippen molar-refractivity contribution >= 4 is 29.7 Å². The van der Waals surface area contributed by atoms with E-state index in [0.29, 0.717) is 6.54 Å². The fourth-order valence-corrected chi connectivity index (χ4v) is 5.52. The topological polar surface area (TPSA) is 99.2 Å². The summed E-state index contributed by atoms with van der Waals surface area (Å²) in [7, 11) is 1.72. The minimum atomic E-state index is -1.57. The summed E-state index contributed by atoms with van der Waals surface area (Å²) in [5, 5.41) is 13.9. The maximum atomic E-state index is 13.7. The Balaban J connectivity index is 1.81. The molecule has 2 N–H and O–H groups in total. The summed E-state index contributed by atoms with van der Waals surface area (Å²) < 4.78 is 4.64. The van der Waals surface area contributed by atoms with Gasteiger partial charge in [0.15, 0.2) is 6.10 Å². The summed E-state index contributed by atoms with van der Waals surface area (Å²) in [6.45, 7) is 7.70. The minimum absolute atomic E-state index is 0.203. The molecule has 0 saturated carbocycles. The zero-order valence-electron chi connectivity index (χ0n) is 22.1. The number of hydrogen-bond acceptors (Lipinski definition) is 6. The highest BCUT2D eigenvalue weighted by Crippen LogP contribution is 2.40. The summed E-state index contributed by atoms with van der Waals surface area (Å²) >= 11 is 1.49. The fourth-order valence-electron chi connectivity index (χ4n) is 4.38. The molecule has 200 valence electrons. The van der Waals surface area contributed by atoms with Gasteiger partial charge in [-0.2, -0.15) is 0 Å². The van der Waals surface area contributed by atoms with Gasteiger partial charge >= 0.3 is 6.09 Å². The van der Waals surface area contributed by atoms with E-state index in [9.17, 15) is 19.5 Å². The lowest BCUT2D eigenvalue weighted by molar-refractivity contribution is -0.150. The van der Waals surface area contributed by atoms with Crippen LogP contribution in [0.2, 0.25) is 0 Å². The van der Waals surface area contributed by atoms with Gasteiger partial charge in [0.05, 0.1) is 18.0 Å². The van der Waals surface area contributed by atoms with E-state index in [1.165, 1.54) is 16.7 Å². The standard InChI is InChI=1S/C28H37N3O5S/c1-19(2)36-27(35)29-22(16-20-12-8-6-9-13-20)23(32)25(33)31-18-37-28(3,4)24(31)26(34)30(5)17-21-14-10-7-11-15-21/h6-15,19,22-24,32H,16-18H2,1-5H3,(H,29,35)/t22-,23?,24?/m0/s1. The van der Waals surface area contributed by atoms with Gasteiger partial charge in [0.2, 0.25) is 5.91 Å². The Morgan fingerprint density at radius 2 is 1.65 bits per heavy atom. The van der Waals surface area contributed by atoms with Crippen LogP contribution in [0.5, 0.6) is 0 Å². The molecule has 2 aromatic rings. The maximum Gasteiger partial charge on any atom is 0.407 e. The van der Waals surface area contributed by atoms with Gasteiger partial charge in [-0.25, -0.2) is 4.79 Å². The van der Waals surface area contributed by atoms with Gasteiger partial charge in [-0.3, -0.25) is 9.59 Å². The first-order valence-corrected chi connectivity index (χ1v) is 13.4. The number of aliphatic hydroxyl groups is 1. The molecule has 8 nitrogen and oxygen atoms in total. The number of carbonyl (C=O) groups excluding carboxylic acids is 3. The Morgan fingerprint density at radius 3 is 2.22 bits per heavy atom. The molecule has 1 saturated heterocycles. The van der Waals surface area contributed by atoms with Crippen LogP contribution in [0.1, 0.15) is 38.8 Å². The van der Waals surface area contributed by atoms with Gasteiger partial charge in [-0.05, 0) is 45.2 Å². The van der Waals surface area contributed by atoms with Crippen molar-refractivity contribution in [3.8, 4) is 0 Å². The predicted molar refractivity (Wildman–Crippen MR) is 145 cm³/mol. The highest BCUT2D eigenvalue weighted by Gasteiger charge is 2.50. The quantitative estimate of drug-likeness (QED) is 0.519. The number of hydrogen-bond donors (Lipinski definition) is 2. The van der Waals surface area contributed by atoms with Crippen LogP contribution in [-0.4, -0.2) is 74.8 Å². The van der Waals surface area contributed by atoms with Crippen LogP contribution in [-0.2, 0) is 27.3 Å². The number of nitrogens with one attached hydrogen (secondary N) is 1. The normalized spacial score (nSPS) is 18.2. The number of thioether (sulfide) groups is 1. The Bertz CT molecular complexity index is 1060. The molecule has 1 fully saturated rings. The van der Waals surface area contributed by atoms with E-state index in [2.05, 4.69) is 5.32 Å². The van der Waals surface area contributed by atoms with Gasteiger partial charge in [0.1, 0.15) is 6.04 Å². The van der Waals surface area contributed by atoms with Crippen molar-refractivity contribution in [3.63, 3.8) is 0 Å². The van der Waals surface area contributed by atoms with Gasteiger partial charge in [0, 0.05) is 18.3 Å². The number of benzene rings is 2. The molecule has 1 aliphatic rings. The second kappa shape index (κ2) is 12.5. The molecule has 1 heterocycles. The highest BCUT2D eigenvalue weighted by atomic mass is 32.2. The summed E-state index contributed by atoms with van der Waals surface area (Å²) in [5.41, 5.74) is 1.83. The van der Waals surface area contributed by atoms with E-state index in [-0.39, 0.29) is 24.3 Å². The molecular weight excluding hydrogens is 490 g/mol. The smallest absolute Gasteiger partial charge is 0.407 e. The van der Waals surface area contributed by atoms with E-state index in [4.69, 9.17) is 4.74 Å². The van der Waals surface area contributed by atoms with Crippen LogP contribution in [0.25, 0.3) is 0 Å². The first-order chi connectivity index (χ1) is 17.5. The molecule has 1 aliphatic heterocycles. The Kier molecular flexibility index (Phi) is 9.62. The molecule has 3 amide bonds. The molecule has 2 aromatic carbocycles. The number of carbonyl (C=O) groups is 3. The van der Waals surface area contributed by atoms with Gasteiger partial charge in [0.25, 0.3) is 5.91 Å². The largest absolute Gasteiger partial charge is 0.447 e. The summed E-state index contributed by atoms with van der Waals surface area (Å²) in [5.74, 6) is -0.547. The number of likely N-dealkylation sites (N-methyl/N-ethyl adjacent to an activating group) is 1. The highest BCUT2D eigenvalue weighted by molar-refractivity contribution is 8.00. The molecule has 0 aliphatic carbocycles. The molecule has 3 rings (SSSR count). The van der Waals surface area contributed by atoms with E-state index in [1.54, 1.807) is 25.8 Å².